The number of nitrogens with two attached hydrogens (primary N) is 2. The highest BCUT2D eigenvalue weighted by Crippen LogP contribution is 2.48. The van der Waals surface area contributed by atoms with Gasteiger partial charge < -0.3 is 16.4 Å². The first kappa shape index (κ1) is 26.9. The third kappa shape index (κ3) is 5.42. The van der Waals surface area contributed by atoms with Crippen LogP contribution < -0.4 is 15.8 Å². The fraction of sp³-hybridized carbons (Fsp3) is 0.704. The van der Waals surface area contributed by atoms with Gasteiger partial charge in [0.25, 0.3) is 0 Å². The van der Waals surface area contributed by atoms with Crippen LogP contribution in [0.5, 0.6) is 0 Å². The standard InChI is InChI=1S/C27H42N4O4S/c1-26(29,25(28)33)14-8-11-21(20-9-4-3-5-10-20)24(32)30-17-15-27(16-18-30)19-31(36(2,34)35)23-13-7-6-12-22(23)27/h6-7,12-13,20-21H,3-5,8-11,14-19,29H2,1-2H3,(H2,28,33)/t21?,26-/m1/s1. The number of primary amides is 1. The number of sulfonamides is 1. The summed E-state index contributed by atoms with van der Waals surface area (Å²) in [7, 11) is -3.37. The summed E-state index contributed by atoms with van der Waals surface area (Å²) in [4.78, 5) is 27.5. The van der Waals surface area contributed by atoms with Crippen LogP contribution in [0.2, 0.25) is 0 Å². The molecule has 2 heterocycles. The summed E-state index contributed by atoms with van der Waals surface area (Å²) in [6, 6.07) is 7.79. The fourth-order valence-corrected chi connectivity index (χ4v) is 7.61. The van der Waals surface area contributed by atoms with Gasteiger partial charge >= 0.3 is 0 Å². The summed E-state index contributed by atoms with van der Waals surface area (Å²) < 4.78 is 26.5. The van der Waals surface area contributed by atoms with E-state index in [0.29, 0.717) is 38.4 Å². The molecular formula is C27H42N4O4S. The van der Waals surface area contributed by atoms with Crippen molar-refractivity contribution in [1.82, 2.24) is 4.90 Å². The minimum atomic E-state index is -3.37. The van der Waals surface area contributed by atoms with Gasteiger partial charge in [0.15, 0.2) is 0 Å². The smallest absolute Gasteiger partial charge is 0.237 e. The van der Waals surface area contributed by atoms with Gasteiger partial charge in [-0.2, -0.15) is 0 Å². The maximum Gasteiger partial charge on any atom is 0.237 e. The van der Waals surface area contributed by atoms with Crippen molar-refractivity contribution in [3.63, 3.8) is 0 Å². The molecule has 1 aromatic carbocycles. The molecule has 3 aliphatic rings. The predicted molar refractivity (Wildman–Crippen MR) is 142 cm³/mol. The van der Waals surface area contributed by atoms with Crippen molar-refractivity contribution in [1.29, 1.82) is 0 Å². The Kier molecular flexibility index (Phi) is 7.72. The molecule has 0 radical (unpaired) electrons. The monoisotopic (exact) mass is 518 g/mol. The lowest BCUT2D eigenvalue weighted by Crippen LogP contribution is -2.50. The third-order valence-corrected chi connectivity index (χ3v) is 10.1. The zero-order valence-corrected chi connectivity index (χ0v) is 22.6. The van der Waals surface area contributed by atoms with E-state index in [1.165, 1.54) is 17.0 Å². The first-order valence-corrected chi connectivity index (χ1v) is 15.2. The number of hydrogen-bond donors (Lipinski definition) is 2. The molecule has 9 heteroatoms. The number of fused-ring (bicyclic) bond motifs is 2. The molecule has 2 aliphatic heterocycles. The number of likely N-dealkylation sites (tertiary alicyclic amines) is 1. The molecule has 1 saturated heterocycles. The summed E-state index contributed by atoms with van der Waals surface area (Å²) >= 11 is 0. The first-order chi connectivity index (χ1) is 16.9. The van der Waals surface area contributed by atoms with Gasteiger partial charge in [0.2, 0.25) is 21.8 Å². The number of benzene rings is 1. The second kappa shape index (κ2) is 10.3. The molecule has 2 fully saturated rings. The van der Waals surface area contributed by atoms with E-state index < -0.39 is 21.5 Å². The van der Waals surface area contributed by atoms with Crippen LogP contribution in [0, 0.1) is 11.8 Å². The Hall–Kier alpha value is -2.13. The molecule has 1 aliphatic carbocycles. The number of piperidine rings is 1. The Balaban J connectivity index is 1.46. The van der Waals surface area contributed by atoms with Gasteiger partial charge in [-0.3, -0.25) is 13.9 Å². The van der Waals surface area contributed by atoms with E-state index in [9.17, 15) is 18.0 Å². The Bertz CT molecular complexity index is 1070. The molecule has 1 unspecified atom stereocenters. The van der Waals surface area contributed by atoms with E-state index >= 15 is 0 Å². The van der Waals surface area contributed by atoms with Gasteiger partial charge in [-0.25, -0.2) is 8.42 Å². The lowest BCUT2D eigenvalue weighted by atomic mass is 9.73. The summed E-state index contributed by atoms with van der Waals surface area (Å²) in [6.45, 7) is 3.37. The molecule has 0 aromatic heterocycles. The molecular weight excluding hydrogens is 476 g/mol. The van der Waals surface area contributed by atoms with E-state index in [1.807, 2.05) is 29.2 Å². The van der Waals surface area contributed by atoms with Crippen molar-refractivity contribution in [3.05, 3.63) is 29.8 Å². The maximum atomic E-state index is 13.9. The van der Waals surface area contributed by atoms with Crippen molar-refractivity contribution >= 4 is 27.5 Å². The van der Waals surface area contributed by atoms with E-state index in [-0.39, 0.29) is 17.2 Å². The van der Waals surface area contributed by atoms with Gasteiger partial charge in [-0.1, -0.05) is 43.9 Å². The van der Waals surface area contributed by atoms with Gasteiger partial charge in [0, 0.05) is 31.0 Å². The highest BCUT2D eigenvalue weighted by Gasteiger charge is 2.48. The summed E-state index contributed by atoms with van der Waals surface area (Å²) in [6.07, 6.45) is 10.3. The van der Waals surface area contributed by atoms with Crippen molar-refractivity contribution in [2.45, 2.75) is 82.1 Å². The number of carbonyl (C=O) groups is 2. The van der Waals surface area contributed by atoms with Crippen LogP contribution in [0.25, 0.3) is 0 Å². The molecule has 36 heavy (non-hydrogen) atoms. The number of hydrogen-bond acceptors (Lipinski definition) is 5. The van der Waals surface area contributed by atoms with E-state index in [2.05, 4.69) is 0 Å². The average Bonchev–Trinajstić information content (AvgIpc) is 3.17. The van der Waals surface area contributed by atoms with Crippen LogP contribution in [0.3, 0.4) is 0 Å². The van der Waals surface area contributed by atoms with E-state index in [0.717, 1.165) is 56.2 Å². The third-order valence-electron chi connectivity index (χ3n) is 8.93. The van der Waals surface area contributed by atoms with Crippen molar-refractivity contribution in [2.75, 3.05) is 30.2 Å². The summed E-state index contributed by atoms with van der Waals surface area (Å²) in [5, 5.41) is 0. The van der Waals surface area contributed by atoms with Crippen LogP contribution in [0.1, 0.15) is 76.7 Å². The molecule has 8 nitrogen and oxygen atoms in total. The normalized spacial score (nSPS) is 22.8. The van der Waals surface area contributed by atoms with Gasteiger partial charge in [-0.15, -0.1) is 0 Å². The molecule has 0 bridgehead atoms. The molecule has 4 N–H and O–H groups in total. The zero-order chi connectivity index (χ0) is 26.1. The number of rotatable bonds is 8. The number of carbonyl (C=O) groups excluding carboxylic acids is 2. The molecule has 200 valence electrons. The van der Waals surface area contributed by atoms with Crippen LogP contribution in [0.15, 0.2) is 24.3 Å². The summed E-state index contributed by atoms with van der Waals surface area (Å²) in [5.74, 6) is 0.00393. The Morgan fingerprint density at radius 3 is 2.39 bits per heavy atom. The van der Waals surface area contributed by atoms with Gasteiger partial charge in [-0.05, 0) is 63.0 Å². The summed E-state index contributed by atoms with van der Waals surface area (Å²) in [5.41, 5.74) is 12.1. The van der Waals surface area contributed by atoms with Crippen LogP contribution >= 0.6 is 0 Å². The largest absolute Gasteiger partial charge is 0.368 e. The van der Waals surface area contributed by atoms with Gasteiger partial charge in [0.05, 0.1) is 17.5 Å². The zero-order valence-electron chi connectivity index (χ0n) is 21.7. The average molecular weight is 519 g/mol. The molecule has 2 amide bonds. The second-order valence-electron chi connectivity index (χ2n) is 11.6. The van der Waals surface area contributed by atoms with E-state index in [1.54, 1.807) is 6.92 Å². The highest BCUT2D eigenvalue weighted by molar-refractivity contribution is 7.92. The topological polar surface area (TPSA) is 127 Å². The minimum Gasteiger partial charge on any atom is -0.368 e. The molecule has 2 atom stereocenters. The molecule has 1 saturated carbocycles. The number of anilines is 1. The quantitative estimate of drug-likeness (QED) is 0.547. The molecule has 1 spiro atoms. The molecule has 1 aromatic rings. The highest BCUT2D eigenvalue weighted by atomic mass is 32.2. The molecule has 4 rings (SSSR count). The van der Waals surface area contributed by atoms with Crippen molar-refractivity contribution in [2.24, 2.45) is 23.3 Å². The predicted octanol–water partition coefficient (Wildman–Crippen LogP) is 2.90. The number of amides is 2. The SMILES string of the molecule is C[C@@](N)(CCCC(C(=O)N1CCC2(CC1)CN(S(C)(=O)=O)c1ccccc12)C1CCCCC1)C(N)=O. The Morgan fingerprint density at radius 1 is 1.14 bits per heavy atom. The van der Waals surface area contributed by atoms with Gasteiger partial charge in [0.1, 0.15) is 0 Å². The lowest BCUT2D eigenvalue weighted by molar-refractivity contribution is -0.139. The number of para-hydroxylation sites is 1. The number of nitrogens with zero attached hydrogens (tertiary/aromatic N) is 2. The van der Waals surface area contributed by atoms with E-state index in [4.69, 9.17) is 11.5 Å². The first-order valence-electron chi connectivity index (χ1n) is 13.4. The Morgan fingerprint density at radius 2 is 1.78 bits per heavy atom. The fourth-order valence-electron chi connectivity index (χ4n) is 6.61. The minimum absolute atomic E-state index is 0.0635. The second-order valence-corrected chi connectivity index (χ2v) is 13.5. The van der Waals surface area contributed by atoms with Crippen LogP contribution in [0.4, 0.5) is 5.69 Å². The van der Waals surface area contributed by atoms with Crippen molar-refractivity contribution < 1.29 is 18.0 Å². The van der Waals surface area contributed by atoms with Crippen molar-refractivity contribution in [3.8, 4) is 0 Å². The van der Waals surface area contributed by atoms with Crippen LogP contribution in [-0.2, 0) is 25.0 Å². The lowest BCUT2D eigenvalue weighted by Gasteiger charge is -2.42. The maximum absolute atomic E-state index is 13.9. The Labute approximate surface area is 215 Å². The van der Waals surface area contributed by atoms with Crippen LogP contribution in [-0.4, -0.2) is 56.6 Å².